The number of aryl methyl sites for hydroxylation is 1. The van der Waals surface area contributed by atoms with E-state index < -0.39 is 11.0 Å². The number of hydrogen-bond acceptors (Lipinski definition) is 3. The summed E-state index contributed by atoms with van der Waals surface area (Å²) in [5.74, 6) is -0.178. The van der Waals surface area contributed by atoms with Crippen LogP contribution in [0.5, 0.6) is 0 Å². The van der Waals surface area contributed by atoms with Crippen LogP contribution in [0.1, 0.15) is 56.7 Å². The molecule has 0 amide bonds. The van der Waals surface area contributed by atoms with Gasteiger partial charge >= 0.3 is 5.97 Å². The van der Waals surface area contributed by atoms with Crippen molar-refractivity contribution in [3.05, 3.63) is 59.2 Å². The Bertz CT molecular complexity index is 899. The van der Waals surface area contributed by atoms with E-state index in [0.29, 0.717) is 0 Å². The third-order valence-corrected chi connectivity index (χ3v) is 5.17. The molecule has 3 nitrogen and oxygen atoms in total. The molecule has 0 N–H and O–H groups in total. The molecule has 1 aliphatic carbocycles. The molecule has 1 atom stereocenters. The smallest absolute Gasteiger partial charge is 0.312 e. The minimum Gasteiger partial charge on any atom is -0.457 e. The first-order valence-corrected chi connectivity index (χ1v) is 9.04. The molecule has 4 rings (SSSR count). The van der Waals surface area contributed by atoms with Crippen molar-refractivity contribution in [2.24, 2.45) is 5.41 Å². The van der Waals surface area contributed by atoms with Gasteiger partial charge in [0.25, 0.3) is 0 Å². The summed E-state index contributed by atoms with van der Waals surface area (Å²) < 4.78 is 12.2. The molecule has 0 saturated heterocycles. The van der Waals surface area contributed by atoms with Gasteiger partial charge in [-0.1, -0.05) is 24.3 Å². The second kappa shape index (κ2) is 5.62. The predicted octanol–water partition coefficient (Wildman–Crippen LogP) is 5.43. The van der Waals surface area contributed by atoms with Gasteiger partial charge in [0.05, 0.1) is 5.41 Å². The van der Waals surface area contributed by atoms with Crippen LogP contribution in [0.2, 0.25) is 0 Å². The molecule has 2 heterocycles. The van der Waals surface area contributed by atoms with Crippen molar-refractivity contribution in [1.29, 1.82) is 0 Å². The van der Waals surface area contributed by atoms with Crippen LogP contribution in [-0.2, 0) is 21.6 Å². The van der Waals surface area contributed by atoms with E-state index in [2.05, 4.69) is 18.2 Å². The van der Waals surface area contributed by atoms with Gasteiger partial charge in [0.1, 0.15) is 11.2 Å². The molecule has 25 heavy (non-hydrogen) atoms. The summed E-state index contributed by atoms with van der Waals surface area (Å²) in [6.07, 6.45) is 3.91. The van der Waals surface area contributed by atoms with E-state index in [4.69, 9.17) is 9.15 Å². The summed E-state index contributed by atoms with van der Waals surface area (Å²) in [4.78, 5) is 12.9. The number of carbonyl (C=O) groups excluding carboxylic acids is 1. The van der Waals surface area contributed by atoms with Crippen molar-refractivity contribution >= 4 is 17.1 Å². The van der Waals surface area contributed by atoms with Gasteiger partial charge in [-0.25, -0.2) is 0 Å². The van der Waals surface area contributed by atoms with Crippen LogP contribution in [0.25, 0.3) is 11.2 Å². The second-order valence-electron chi connectivity index (χ2n) is 8.09. The first kappa shape index (κ1) is 16.2. The Balaban J connectivity index is 1.93. The average molecular weight is 336 g/mol. The molecule has 0 saturated carbocycles. The van der Waals surface area contributed by atoms with Crippen LogP contribution in [0.4, 0.5) is 0 Å². The lowest BCUT2D eigenvalue weighted by Gasteiger charge is -2.36. The maximum absolute atomic E-state index is 12.9. The zero-order valence-electron chi connectivity index (χ0n) is 15.1. The largest absolute Gasteiger partial charge is 0.457 e. The van der Waals surface area contributed by atoms with Crippen molar-refractivity contribution < 1.29 is 13.9 Å². The lowest BCUT2D eigenvalue weighted by molar-refractivity contribution is -0.167. The molecular formula is C22H24O3. The van der Waals surface area contributed by atoms with E-state index in [9.17, 15) is 4.79 Å². The summed E-state index contributed by atoms with van der Waals surface area (Å²) in [5, 5.41) is 0. The lowest BCUT2D eigenvalue weighted by atomic mass is 9.81. The van der Waals surface area contributed by atoms with Crippen molar-refractivity contribution in [2.75, 3.05) is 0 Å². The van der Waals surface area contributed by atoms with Crippen molar-refractivity contribution in [1.82, 2.24) is 0 Å². The van der Waals surface area contributed by atoms with Crippen molar-refractivity contribution in [3.8, 4) is 0 Å². The quantitative estimate of drug-likeness (QED) is 0.463. The van der Waals surface area contributed by atoms with Crippen LogP contribution in [0, 0.1) is 5.41 Å². The fourth-order valence-corrected chi connectivity index (χ4v) is 3.81. The number of furan rings is 2. The SMILES string of the molecule is CC(C)(C)C(=O)OC1(c2cc3ccc2o3)CCCCc2ccccc21. The highest BCUT2D eigenvalue weighted by Gasteiger charge is 2.45. The highest BCUT2D eigenvalue weighted by Crippen LogP contribution is 2.47. The van der Waals surface area contributed by atoms with E-state index in [-0.39, 0.29) is 5.97 Å². The molecule has 130 valence electrons. The molecule has 1 unspecified atom stereocenters. The first-order valence-electron chi connectivity index (χ1n) is 9.04. The van der Waals surface area contributed by atoms with Gasteiger partial charge in [-0.05, 0) is 70.2 Å². The van der Waals surface area contributed by atoms with Crippen LogP contribution >= 0.6 is 0 Å². The summed E-state index contributed by atoms with van der Waals surface area (Å²) >= 11 is 0. The molecule has 3 heteroatoms. The lowest BCUT2D eigenvalue weighted by Crippen LogP contribution is -2.38. The normalized spacial score (nSPS) is 21.1. The first-order chi connectivity index (χ1) is 11.9. The molecule has 0 radical (unpaired) electrons. The fourth-order valence-electron chi connectivity index (χ4n) is 3.81. The van der Waals surface area contributed by atoms with Crippen LogP contribution in [0.15, 0.2) is 46.9 Å². The number of benzene rings is 2. The van der Waals surface area contributed by atoms with E-state index in [1.165, 1.54) is 5.56 Å². The predicted molar refractivity (Wildman–Crippen MR) is 97.7 cm³/mol. The van der Waals surface area contributed by atoms with Gasteiger partial charge in [0.15, 0.2) is 5.60 Å². The van der Waals surface area contributed by atoms with Gasteiger partial charge in [0, 0.05) is 11.1 Å². The van der Waals surface area contributed by atoms with Gasteiger partial charge in [-0.15, -0.1) is 0 Å². The Morgan fingerprint density at radius 2 is 1.88 bits per heavy atom. The summed E-state index contributed by atoms with van der Waals surface area (Å²) in [6.45, 7) is 5.71. The van der Waals surface area contributed by atoms with Gasteiger partial charge in [-0.2, -0.15) is 0 Å². The Kier molecular flexibility index (Phi) is 3.64. The third kappa shape index (κ3) is 2.62. The number of carbonyl (C=O) groups is 1. The summed E-state index contributed by atoms with van der Waals surface area (Å²) in [6, 6.07) is 14.3. The molecule has 0 aliphatic heterocycles. The highest BCUT2D eigenvalue weighted by atomic mass is 16.6. The second-order valence-corrected chi connectivity index (χ2v) is 8.09. The van der Waals surface area contributed by atoms with E-state index in [0.717, 1.165) is 48.0 Å². The van der Waals surface area contributed by atoms with Crippen molar-refractivity contribution in [3.63, 3.8) is 0 Å². The zero-order chi connectivity index (χ0) is 17.7. The molecule has 0 spiro atoms. The van der Waals surface area contributed by atoms with Crippen LogP contribution in [0.3, 0.4) is 0 Å². The minimum absolute atomic E-state index is 0.178. The minimum atomic E-state index is -0.765. The molecule has 1 aromatic carbocycles. The van der Waals surface area contributed by atoms with E-state index in [1.807, 2.05) is 45.0 Å². The Morgan fingerprint density at radius 3 is 2.56 bits per heavy atom. The number of hydrogen-bond donors (Lipinski definition) is 0. The maximum Gasteiger partial charge on any atom is 0.312 e. The topological polar surface area (TPSA) is 39.4 Å². The monoisotopic (exact) mass is 336 g/mol. The number of rotatable bonds is 2. The molecule has 3 aromatic rings. The molecule has 2 bridgehead atoms. The molecule has 2 aromatic heterocycles. The average Bonchev–Trinajstić information content (AvgIpc) is 3.16. The highest BCUT2D eigenvalue weighted by molar-refractivity contribution is 5.78. The van der Waals surface area contributed by atoms with Crippen molar-refractivity contribution in [2.45, 2.75) is 52.1 Å². The maximum atomic E-state index is 12.9. The molecular weight excluding hydrogens is 312 g/mol. The number of ether oxygens (including phenoxy) is 1. The summed E-state index contributed by atoms with van der Waals surface area (Å²) in [5.41, 5.74) is 3.68. The van der Waals surface area contributed by atoms with Crippen LogP contribution in [-0.4, -0.2) is 5.97 Å². The van der Waals surface area contributed by atoms with Gasteiger partial charge in [-0.3, -0.25) is 4.79 Å². The number of esters is 1. The van der Waals surface area contributed by atoms with E-state index >= 15 is 0 Å². The Labute approximate surface area is 148 Å². The van der Waals surface area contributed by atoms with Gasteiger partial charge in [0.2, 0.25) is 0 Å². The summed E-state index contributed by atoms with van der Waals surface area (Å²) in [7, 11) is 0. The zero-order valence-corrected chi connectivity index (χ0v) is 15.1. The molecule has 1 aliphatic rings. The third-order valence-electron chi connectivity index (χ3n) is 5.17. The Morgan fingerprint density at radius 1 is 1.08 bits per heavy atom. The Hall–Kier alpha value is -2.29. The number of fused-ring (bicyclic) bond motifs is 3. The van der Waals surface area contributed by atoms with E-state index in [1.54, 1.807) is 0 Å². The fraction of sp³-hybridized carbons (Fsp3) is 0.409. The molecule has 0 fully saturated rings. The van der Waals surface area contributed by atoms with Gasteiger partial charge < -0.3 is 9.15 Å². The van der Waals surface area contributed by atoms with Crippen LogP contribution < -0.4 is 0 Å². The standard InChI is InChI=1S/C22H24O3/c1-21(2,3)20(23)25-22(18-14-16-11-12-19(18)24-16)13-7-6-9-15-8-4-5-10-17(15)22/h4-5,8,10-12,14H,6-7,9,13H2,1-3H3.